The Bertz CT molecular complexity index is 245. The van der Waals surface area contributed by atoms with E-state index in [1.807, 2.05) is 0 Å². The van der Waals surface area contributed by atoms with E-state index in [9.17, 15) is 9.59 Å². The first-order valence-corrected chi connectivity index (χ1v) is 3.67. The fraction of sp³-hybridized carbons (Fsp3) is 0.500. The summed E-state index contributed by atoms with van der Waals surface area (Å²) in [7, 11) is 1.76. The normalized spacial score (nSPS) is 15.5. The molecule has 0 aromatic carbocycles. The van der Waals surface area contributed by atoms with Crippen LogP contribution in [0.5, 0.6) is 0 Å². The van der Waals surface area contributed by atoms with Crippen LogP contribution in [0, 0.1) is 0 Å². The molecule has 1 rings (SSSR count). The van der Waals surface area contributed by atoms with Crippen molar-refractivity contribution in [2.24, 2.45) is 0 Å². The average Bonchev–Trinajstić information content (AvgIpc) is 2.34. The van der Waals surface area contributed by atoms with Gasteiger partial charge in [-0.2, -0.15) is 0 Å². The highest BCUT2D eigenvalue weighted by Gasteiger charge is 2.16. The largest absolute Gasteiger partial charge is 0.456 e. The van der Waals surface area contributed by atoms with Gasteiger partial charge in [0.25, 0.3) is 0 Å². The fourth-order valence-electron chi connectivity index (χ4n) is 1.02. The molecule has 0 saturated carbocycles. The van der Waals surface area contributed by atoms with Crippen molar-refractivity contribution in [2.75, 3.05) is 20.2 Å². The van der Waals surface area contributed by atoms with Crippen LogP contribution < -0.4 is 0 Å². The van der Waals surface area contributed by atoms with Gasteiger partial charge in [-0.3, -0.25) is 4.79 Å². The molecule has 0 N–H and O–H groups in total. The quantitative estimate of drug-likeness (QED) is 0.556. The lowest BCUT2D eigenvalue weighted by Crippen LogP contribution is -2.24. The summed E-state index contributed by atoms with van der Waals surface area (Å²) in [6, 6.07) is 0. The fourth-order valence-corrected chi connectivity index (χ4v) is 1.02. The summed E-state index contributed by atoms with van der Waals surface area (Å²) in [6.07, 6.45) is 1.41. The van der Waals surface area contributed by atoms with E-state index in [4.69, 9.17) is 0 Å². The lowest BCUT2D eigenvalue weighted by molar-refractivity contribution is -0.135. The number of nitrogens with zero attached hydrogens (tertiary/aromatic N) is 1. The van der Waals surface area contributed by atoms with Crippen molar-refractivity contribution >= 4 is 11.8 Å². The number of cyclic esters (lactones) is 1. The average molecular weight is 169 g/mol. The van der Waals surface area contributed by atoms with Gasteiger partial charge in [0.05, 0.1) is 12.2 Å². The summed E-state index contributed by atoms with van der Waals surface area (Å²) in [5, 5.41) is 0. The van der Waals surface area contributed by atoms with Crippen LogP contribution in [0.4, 0.5) is 0 Å². The maximum absolute atomic E-state index is 10.7. The number of carbonyl (C=O) groups excluding carboxylic acids is 2. The summed E-state index contributed by atoms with van der Waals surface area (Å²) < 4.78 is 4.68. The van der Waals surface area contributed by atoms with E-state index in [0.717, 1.165) is 5.70 Å². The molecule has 4 heteroatoms. The van der Waals surface area contributed by atoms with E-state index in [1.165, 1.54) is 13.0 Å². The Morgan fingerprint density at radius 3 is 2.83 bits per heavy atom. The maximum atomic E-state index is 10.7. The highest BCUT2D eigenvalue weighted by molar-refractivity contribution is 5.85. The molecule has 0 aliphatic carbocycles. The molecular weight excluding hydrogens is 158 g/mol. The molecule has 1 heterocycles. The van der Waals surface area contributed by atoms with Gasteiger partial charge in [0, 0.05) is 13.1 Å². The standard InChI is InChI=1S/C8H11NO3/c1-6(10)4-9(2)7-3-8(11)12-5-7/h3H,4-5H2,1-2H3. The first-order chi connectivity index (χ1) is 5.59. The predicted octanol–water partition coefficient (Wildman–Crippen LogP) is -0.0521. The van der Waals surface area contributed by atoms with Gasteiger partial charge in [-0.25, -0.2) is 4.79 Å². The monoisotopic (exact) mass is 169 g/mol. The highest BCUT2D eigenvalue weighted by Crippen LogP contribution is 2.09. The molecule has 0 unspecified atom stereocenters. The van der Waals surface area contributed by atoms with Crippen molar-refractivity contribution in [1.82, 2.24) is 4.90 Å². The zero-order valence-corrected chi connectivity index (χ0v) is 7.16. The molecule has 0 aromatic rings. The zero-order chi connectivity index (χ0) is 9.14. The van der Waals surface area contributed by atoms with E-state index >= 15 is 0 Å². The molecule has 0 aromatic heterocycles. The van der Waals surface area contributed by atoms with Gasteiger partial charge in [0.1, 0.15) is 12.4 Å². The highest BCUT2D eigenvalue weighted by atomic mass is 16.5. The minimum absolute atomic E-state index is 0.0674. The van der Waals surface area contributed by atoms with E-state index in [1.54, 1.807) is 11.9 Å². The summed E-state index contributed by atoms with van der Waals surface area (Å²) in [4.78, 5) is 23.0. The van der Waals surface area contributed by atoms with Crippen molar-refractivity contribution in [3.05, 3.63) is 11.8 Å². The Labute approximate surface area is 70.8 Å². The number of ether oxygens (including phenoxy) is 1. The first-order valence-electron chi connectivity index (χ1n) is 3.67. The van der Waals surface area contributed by atoms with Crippen molar-refractivity contribution < 1.29 is 14.3 Å². The first kappa shape index (κ1) is 8.77. The van der Waals surface area contributed by atoms with Gasteiger partial charge in [-0.05, 0) is 6.92 Å². The SMILES string of the molecule is CC(=O)CN(C)C1=CC(=O)OC1. The van der Waals surface area contributed by atoms with Gasteiger partial charge in [-0.15, -0.1) is 0 Å². The molecule has 0 spiro atoms. The summed E-state index contributed by atoms with van der Waals surface area (Å²) in [5.74, 6) is -0.266. The third-order valence-corrected chi connectivity index (χ3v) is 1.60. The third-order valence-electron chi connectivity index (χ3n) is 1.60. The zero-order valence-electron chi connectivity index (χ0n) is 7.16. The molecule has 0 saturated heterocycles. The number of ketones is 1. The van der Waals surface area contributed by atoms with E-state index in [-0.39, 0.29) is 18.4 Å². The van der Waals surface area contributed by atoms with Crippen LogP contribution in [0.25, 0.3) is 0 Å². The number of esters is 1. The van der Waals surface area contributed by atoms with E-state index in [2.05, 4.69) is 4.74 Å². The second-order valence-corrected chi connectivity index (χ2v) is 2.80. The molecule has 0 fully saturated rings. The minimum Gasteiger partial charge on any atom is -0.456 e. The Morgan fingerprint density at radius 2 is 2.42 bits per heavy atom. The van der Waals surface area contributed by atoms with Crippen molar-refractivity contribution in [1.29, 1.82) is 0 Å². The number of likely N-dealkylation sites (N-methyl/N-ethyl adjacent to an activating group) is 1. The lowest BCUT2D eigenvalue weighted by Gasteiger charge is -2.16. The number of hydrogen-bond donors (Lipinski definition) is 0. The molecule has 4 nitrogen and oxygen atoms in total. The number of Topliss-reactive ketones (excluding diaryl/α,β-unsaturated/α-hetero) is 1. The third kappa shape index (κ3) is 2.08. The van der Waals surface area contributed by atoms with Crippen LogP contribution in [0.15, 0.2) is 11.8 Å². The Hall–Kier alpha value is -1.32. The van der Waals surface area contributed by atoms with Gasteiger partial charge in [0.15, 0.2) is 0 Å². The topological polar surface area (TPSA) is 46.6 Å². The summed E-state index contributed by atoms with van der Waals surface area (Å²) >= 11 is 0. The van der Waals surface area contributed by atoms with Gasteiger partial charge in [0.2, 0.25) is 0 Å². The summed E-state index contributed by atoms with van der Waals surface area (Å²) in [5.41, 5.74) is 0.759. The molecular formula is C8H11NO3. The van der Waals surface area contributed by atoms with Crippen LogP contribution in [0.1, 0.15) is 6.92 Å². The molecule has 0 amide bonds. The van der Waals surface area contributed by atoms with Crippen LogP contribution in [0.2, 0.25) is 0 Å². The van der Waals surface area contributed by atoms with Gasteiger partial charge in [-0.1, -0.05) is 0 Å². The smallest absolute Gasteiger partial charge is 0.333 e. The molecule has 1 aliphatic heterocycles. The van der Waals surface area contributed by atoms with Gasteiger partial charge >= 0.3 is 5.97 Å². The molecule has 0 radical (unpaired) electrons. The van der Waals surface area contributed by atoms with Gasteiger partial charge < -0.3 is 9.64 Å². The van der Waals surface area contributed by atoms with E-state index in [0.29, 0.717) is 6.54 Å². The molecule has 0 atom stereocenters. The van der Waals surface area contributed by atoms with E-state index < -0.39 is 0 Å². The van der Waals surface area contributed by atoms with Crippen LogP contribution in [-0.2, 0) is 14.3 Å². The van der Waals surface area contributed by atoms with Crippen molar-refractivity contribution in [3.63, 3.8) is 0 Å². The number of carbonyl (C=O) groups is 2. The lowest BCUT2D eigenvalue weighted by atomic mass is 10.3. The molecule has 0 bridgehead atoms. The van der Waals surface area contributed by atoms with Crippen LogP contribution in [-0.4, -0.2) is 36.9 Å². The number of hydrogen-bond acceptors (Lipinski definition) is 4. The Balaban J connectivity index is 2.53. The second-order valence-electron chi connectivity index (χ2n) is 2.80. The predicted molar refractivity (Wildman–Crippen MR) is 42.4 cm³/mol. The molecule has 66 valence electrons. The molecule has 12 heavy (non-hydrogen) atoms. The second kappa shape index (κ2) is 3.38. The Morgan fingerprint density at radius 1 is 1.75 bits per heavy atom. The summed E-state index contributed by atoms with van der Waals surface area (Å²) in [6.45, 7) is 2.11. The minimum atomic E-state index is -0.333. The van der Waals surface area contributed by atoms with Crippen LogP contribution in [0.3, 0.4) is 0 Å². The molecule has 1 aliphatic rings. The Kier molecular flexibility index (Phi) is 2.47. The maximum Gasteiger partial charge on any atom is 0.333 e. The number of rotatable bonds is 3. The van der Waals surface area contributed by atoms with Crippen molar-refractivity contribution in [2.45, 2.75) is 6.92 Å². The van der Waals surface area contributed by atoms with Crippen LogP contribution >= 0.6 is 0 Å². The van der Waals surface area contributed by atoms with Crippen molar-refractivity contribution in [3.8, 4) is 0 Å².